The second-order valence-corrected chi connectivity index (χ2v) is 8.19. The van der Waals surface area contributed by atoms with Crippen molar-refractivity contribution < 1.29 is 18.4 Å². The quantitative estimate of drug-likeness (QED) is 0.554. The number of carbonyl (C=O) groups is 2. The van der Waals surface area contributed by atoms with Gasteiger partial charge in [-0.05, 0) is 43.7 Å². The SMILES string of the molecule is O=C1CCN(c2ccc(NCCCCCCCN3CCC(F)(F)CC3)cc2)C(=O)N1. The Morgan fingerprint density at radius 2 is 1.60 bits per heavy atom. The summed E-state index contributed by atoms with van der Waals surface area (Å²) in [5.41, 5.74) is 1.79. The molecular formula is C22H32F2N4O2. The van der Waals surface area contributed by atoms with Crippen LogP contribution in [0, 0.1) is 0 Å². The number of carbonyl (C=O) groups excluding carboxylic acids is 2. The summed E-state index contributed by atoms with van der Waals surface area (Å²) in [7, 11) is 0. The maximum Gasteiger partial charge on any atom is 0.328 e. The Bertz CT molecular complexity index is 702. The van der Waals surface area contributed by atoms with E-state index in [9.17, 15) is 18.4 Å². The van der Waals surface area contributed by atoms with Gasteiger partial charge in [0, 0.05) is 56.8 Å². The third kappa shape index (κ3) is 6.93. The molecule has 0 radical (unpaired) electrons. The molecule has 2 saturated heterocycles. The van der Waals surface area contributed by atoms with E-state index in [1.807, 2.05) is 24.3 Å². The van der Waals surface area contributed by atoms with E-state index in [0.717, 1.165) is 56.6 Å². The van der Waals surface area contributed by atoms with Crippen molar-refractivity contribution in [2.24, 2.45) is 0 Å². The first kappa shape index (κ1) is 22.5. The van der Waals surface area contributed by atoms with Crippen LogP contribution < -0.4 is 15.5 Å². The van der Waals surface area contributed by atoms with E-state index in [4.69, 9.17) is 0 Å². The molecule has 2 heterocycles. The minimum absolute atomic E-state index is 0.00451. The summed E-state index contributed by atoms with van der Waals surface area (Å²) in [6.07, 6.45) is 5.93. The van der Waals surface area contributed by atoms with Crippen LogP contribution in [0.4, 0.5) is 25.0 Å². The van der Waals surface area contributed by atoms with Gasteiger partial charge in [0.15, 0.2) is 0 Å². The van der Waals surface area contributed by atoms with Crippen LogP contribution in [0.25, 0.3) is 0 Å². The first-order valence-electron chi connectivity index (χ1n) is 11.0. The van der Waals surface area contributed by atoms with E-state index in [2.05, 4.69) is 15.5 Å². The van der Waals surface area contributed by atoms with Gasteiger partial charge in [0.05, 0.1) is 0 Å². The van der Waals surface area contributed by atoms with E-state index >= 15 is 0 Å². The number of benzene rings is 1. The molecule has 0 unspecified atom stereocenters. The van der Waals surface area contributed by atoms with E-state index in [1.165, 1.54) is 0 Å². The van der Waals surface area contributed by atoms with Gasteiger partial charge in [-0.1, -0.05) is 19.3 Å². The molecule has 166 valence electrons. The van der Waals surface area contributed by atoms with Gasteiger partial charge in [-0.3, -0.25) is 15.0 Å². The Morgan fingerprint density at radius 1 is 0.933 bits per heavy atom. The summed E-state index contributed by atoms with van der Waals surface area (Å²) in [4.78, 5) is 26.8. The molecule has 8 heteroatoms. The van der Waals surface area contributed by atoms with Crippen LogP contribution in [0.15, 0.2) is 24.3 Å². The van der Waals surface area contributed by atoms with Crippen molar-refractivity contribution in [2.45, 2.75) is 57.3 Å². The number of unbranched alkanes of at least 4 members (excludes halogenated alkanes) is 4. The van der Waals surface area contributed by atoms with Crippen LogP contribution in [0.5, 0.6) is 0 Å². The normalized spacial score (nSPS) is 19.6. The van der Waals surface area contributed by atoms with Crippen molar-refractivity contribution in [1.29, 1.82) is 0 Å². The molecular weight excluding hydrogens is 390 g/mol. The minimum Gasteiger partial charge on any atom is -0.385 e. The monoisotopic (exact) mass is 422 g/mol. The Morgan fingerprint density at radius 3 is 2.30 bits per heavy atom. The average molecular weight is 423 g/mol. The zero-order valence-corrected chi connectivity index (χ0v) is 17.5. The fraction of sp³-hybridized carbons (Fsp3) is 0.636. The summed E-state index contributed by atoms with van der Waals surface area (Å²) < 4.78 is 26.3. The standard InChI is InChI=1S/C22H32F2N4O2/c23-22(24)11-16-27(17-12-22)14-5-3-1-2-4-13-25-18-6-8-19(9-7-18)28-15-10-20(29)26-21(28)30/h6-9,25H,1-5,10-17H2,(H,26,29,30). The number of urea groups is 1. The molecule has 3 rings (SSSR count). The van der Waals surface area contributed by atoms with Crippen LogP contribution in [-0.4, -0.2) is 55.5 Å². The number of halogens is 2. The molecule has 1 aromatic carbocycles. The largest absolute Gasteiger partial charge is 0.385 e. The maximum absolute atomic E-state index is 13.1. The summed E-state index contributed by atoms with van der Waals surface area (Å²) >= 11 is 0. The number of nitrogens with zero attached hydrogens (tertiary/aromatic N) is 2. The van der Waals surface area contributed by atoms with Crippen molar-refractivity contribution in [3.05, 3.63) is 24.3 Å². The predicted octanol–water partition coefficient (Wildman–Crippen LogP) is 4.23. The highest BCUT2D eigenvalue weighted by Crippen LogP contribution is 2.27. The van der Waals surface area contributed by atoms with Crippen molar-refractivity contribution in [3.63, 3.8) is 0 Å². The molecule has 0 aliphatic carbocycles. The smallest absolute Gasteiger partial charge is 0.328 e. The van der Waals surface area contributed by atoms with E-state index in [0.29, 0.717) is 26.1 Å². The lowest BCUT2D eigenvalue weighted by molar-refractivity contribution is -0.120. The fourth-order valence-electron chi connectivity index (χ4n) is 3.90. The molecule has 3 amide bonds. The molecule has 0 bridgehead atoms. The molecule has 0 atom stereocenters. The van der Waals surface area contributed by atoms with Crippen molar-refractivity contribution in [3.8, 4) is 0 Å². The van der Waals surface area contributed by atoms with Gasteiger partial charge in [-0.25, -0.2) is 13.6 Å². The number of amides is 3. The topological polar surface area (TPSA) is 64.7 Å². The first-order valence-corrected chi connectivity index (χ1v) is 11.0. The summed E-state index contributed by atoms with van der Waals surface area (Å²) in [5, 5.41) is 5.72. The molecule has 1 aromatic rings. The van der Waals surface area contributed by atoms with E-state index in [-0.39, 0.29) is 24.8 Å². The molecule has 0 saturated carbocycles. The Labute approximate surface area is 177 Å². The second-order valence-electron chi connectivity index (χ2n) is 8.19. The summed E-state index contributed by atoms with van der Waals surface area (Å²) in [6.45, 7) is 3.28. The molecule has 2 aliphatic rings. The first-order chi connectivity index (χ1) is 14.4. The van der Waals surface area contributed by atoms with Gasteiger partial charge >= 0.3 is 6.03 Å². The third-order valence-electron chi connectivity index (χ3n) is 5.80. The number of imide groups is 1. The summed E-state index contributed by atoms with van der Waals surface area (Å²) in [6, 6.07) is 7.29. The molecule has 2 aliphatic heterocycles. The molecule has 0 spiro atoms. The Kier molecular flexibility index (Phi) is 8.01. The zero-order chi connectivity index (χ0) is 21.4. The predicted molar refractivity (Wildman–Crippen MR) is 114 cm³/mol. The van der Waals surface area contributed by atoms with E-state index < -0.39 is 5.92 Å². The van der Waals surface area contributed by atoms with Crippen molar-refractivity contribution in [1.82, 2.24) is 10.2 Å². The number of hydrogen-bond acceptors (Lipinski definition) is 4. The summed E-state index contributed by atoms with van der Waals surface area (Å²) in [5.74, 6) is -2.68. The van der Waals surface area contributed by atoms with Crippen molar-refractivity contribution >= 4 is 23.3 Å². The van der Waals surface area contributed by atoms with Gasteiger partial charge in [-0.2, -0.15) is 0 Å². The molecule has 2 fully saturated rings. The number of anilines is 2. The molecule has 0 aromatic heterocycles. The molecule has 6 nitrogen and oxygen atoms in total. The third-order valence-corrected chi connectivity index (χ3v) is 5.80. The fourth-order valence-corrected chi connectivity index (χ4v) is 3.90. The van der Waals surface area contributed by atoms with Crippen LogP contribution in [0.1, 0.15) is 51.4 Å². The number of alkyl halides is 2. The molecule has 2 N–H and O–H groups in total. The molecule has 30 heavy (non-hydrogen) atoms. The van der Waals surface area contributed by atoms with Crippen LogP contribution in [0.2, 0.25) is 0 Å². The van der Waals surface area contributed by atoms with Crippen molar-refractivity contribution in [2.75, 3.05) is 42.9 Å². The Hall–Kier alpha value is -2.22. The van der Waals surface area contributed by atoms with Crippen LogP contribution in [-0.2, 0) is 4.79 Å². The highest BCUT2D eigenvalue weighted by atomic mass is 19.3. The van der Waals surface area contributed by atoms with Crippen LogP contribution in [0.3, 0.4) is 0 Å². The van der Waals surface area contributed by atoms with Gasteiger partial charge in [0.1, 0.15) is 0 Å². The van der Waals surface area contributed by atoms with E-state index in [1.54, 1.807) is 4.90 Å². The van der Waals surface area contributed by atoms with Gasteiger partial charge in [0.2, 0.25) is 5.91 Å². The average Bonchev–Trinajstić information content (AvgIpc) is 2.72. The number of nitrogens with one attached hydrogen (secondary N) is 2. The van der Waals surface area contributed by atoms with Crippen LogP contribution >= 0.6 is 0 Å². The second kappa shape index (κ2) is 10.7. The van der Waals surface area contributed by atoms with Gasteiger partial charge in [-0.15, -0.1) is 0 Å². The van der Waals surface area contributed by atoms with Gasteiger partial charge in [0.25, 0.3) is 5.92 Å². The zero-order valence-electron chi connectivity index (χ0n) is 17.5. The van der Waals surface area contributed by atoms with Gasteiger partial charge < -0.3 is 10.2 Å². The lowest BCUT2D eigenvalue weighted by atomic mass is 10.1. The lowest BCUT2D eigenvalue weighted by Crippen LogP contribution is -2.49. The number of rotatable bonds is 10. The maximum atomic E-state index is 13.1. The number of likely N-dealkylation sites (tertiary alicyclic amines) is 1. The minimum atomic E-state index is -2.45. The Balaban J connectivity index is 1.23. The lowest BCUT2D eigenvalue weighted by Gasteiger charge is -2.31. The number of hydrogen-bond donors (Lipinski definition) is 2. The highest BCUT2D eigenvalue weighted by molar-refractivity contribution is 6.05. The number of piperidine rings is 1. The highest BCUT2D eigenvalue weighted by Gasteiger charge is 2.33.